The van der Waals surface area contributed by atoms with Crippen molar-refractivity contribution in [1.82, 2.24) is 20.2 Å². The molecule has 0 unspecified atom stereocenters. The predicted octanol–water partition coefficient (Wildman–Crippen LogP) is 4.57. The molecule has 2 heterocycles. The van der Waals surface area contributed by atoms with Gasteiger partial charge in [-0.25, -0.2) is 9.97 Å². The van der Waals surface area contributed by atoms with Gasteiger partial charge in [0.25, 0.3) is 0 Å². The molecular formula is C18H18Cl2N6. The summed E-state index contributed by atoms with van der Waals surface area (Å²) in [6.07, 6.45) is 6.00. The van der Waals surface area contributed by atoms with Crippen molar-refractivity contribution in [2.75, 3.05) is 23.7 Å². The Hall–Kier alpha value is -2.31. The quantitative estimate of drug-likeness (QED) is 0.516. The van der Waals surface area contributed by atoms with Crippen LogP contribution in [-0.4, -0.2) is 33.3 Å². The number of aromatic nitrogens is 4. The Morgan fingerprint density at radius 1 is 1.12 bits per heavy atom. The summed E-state index contributed by atoms with van der Waals surface area (Å²) in [6, 6.07) is 7.24. The highest BCUT2D eigenvalue weighted by molar-refractivity contribution is 6.36. The van der Waals surface area contributed by atoms with E-state index in [4.69, 9.17) is 28.2 Å². The Labute approximate surface area is 161 Å². The molecule has 0 amide bonds. The molecule has 3 N–H and O–H groups in total. The third kappa shape index (κ3) is 3.92. The fourth-order valence-corrected chi connectivity index (χ4v) is 3.25. The van der Waals surface area contributed by atoms with Gasteiger partial charge in [-0.05, 0) is 43.0 Å². The highest BCUT2D eigenvalue weighted by atomic mass is 35.5. The van der Waals surface area contributed by atoms with Gasteiger partial charge in [-0.2, -0.15) is 5.10 Å². The number of nitrogens with zero attached hydrogens (tertiary/aromatic N) is 3. The lowest BCUT2D eigenvalue weighted by Crippen LogP contribution is -2.16. The van der Waals surface area contributed by atoms with Crippen LogP contribution >= 0.6 is 23.2 Å². The Balaban J connectivity index is 1.51. The smallest absolute Gasteiger partial charge is 0.163 e. The second-order valence-electron chi connectivity index (χ2n) is 6.22. The number of H-pyrrole nitrogens is 1. The molecule has 0 bridgehead atoms. The highest BCUT2D eigenvalue weighted by Crippen LogP contribution is 2.43. The van der Waals surface area contributed by atoms with Crippen LogP contribution in [0, 0.1) is 0 Å². The van der Waals surface area contributed by atoms with Gasteiger partial charge in [0, 0.05) is 35.4 Å². The summed E-state index contributed by atoms with van der Waals surface area (Å²) in [5.41, 5.74) is 1.94. The summed E-state index contributed by atoms with van der Waals surface area (Å²) in [6.45, 7) is 1.47. The SMILES string of the molecule is Clc1ccc(-c2ncc(C3CC3)c(NCCNc3ccn[nH]3)n2)c(Cl)c1. The molecule has 1 aliphatic rings. The minimum Gasteiger partial charge on any atom is -0.369 e. The predicted molar refractivity (Wildman–Crippen MR) is 105 cm³/mol. The standard InChI is InChI=1S/C18H18Cl2N6/c19-12-3-4-13(15(20)9-12)17-23-10-14(11-1-2-11)18(25-17)22-8-7-21-16-5-6-24-26-16/h3-6,9-11H,1-2,7-8H2,(H2,21,24,26)(H,22,23,25). The van der Waals surface area contributed by atoms with E-state index in [0.717, 1.165) is 30.3 Å². The fourth-order valence-electron chi connectivity index (χ4n) is 2.76. The van der Waals surface area contributed by atoms with Crippen molar-refractivity contribution in [1.29, 1.82) is 0 Å². The molecule has 1 aliphatic carbocycles. The number of rotatable bonds is 7. The van der Waals surface area contributed by atoms with E-state index in [-0.39, 0.29) is 0 Å². The van der Waals surface area contributed by atoms with Gasteiger partial charge in [-0.3, -0.25) is 5.10 Å². The molecular weight excluding hydrogens is 371 g/mol. The van der Waals surface area contributed by atoms with E-state index in [1.807, 2.05) is 18.3 Å². The fraction of sp³-hybridized carbons (Fsp3) is 0.278. The van der Waals surface area contributed by atoms with Gasteiger partial charge in [0.2, 0.25) is 0 Å². The third-order valence-corrected chi connectivity index (χ3v) is 4.79. The Morgan fingerprint density at radius 2 is 1.96 bits per heavy atom. The van der Waals surface area contributed by atoms with Gasteiger partial charge in [-0.15, -0.1) is 0 Å². The normalized spacial score (nSPS) is 13.6. The zero-order chi connectivity index (χ0) is 17.9. The van der Waals surface area contributed by atoms with Crippen LogP contribution in [0.1, 0.15) is 24.3 Å². The first kappa shape index (κ1) is 17.1. The van der Waals surface area contributed by atoms with Crippen molar-refractivity contribution >= 4 is 34.8 Å². The first-order valence-corrected chi connectivity index (χ1v) is 9.26. The number of nitrogens with one attached hydrogen (secondary N) is 3. The summed E-state index contributed by atoms with van der Waals surface area (Å²) in [7, 11) is 0. The summed E-state index contributed by atoms with van der Waals surface area (Å²) < 4.78 is 0. The largest absolute Gasteiger partial charge is 0.369 e. The van der Waals surface area contributed by atoms with Crippen LogP contribution in [0.5, 0.6) is 0 Å². The molecule has 4 rings (SSSR count). The second-order valence-corrected chi connectivity index (χ2v) is 7.06. The topological polar surface area (TPSA) is 78.5 Å². The third-order valence-electron chi connectivity index (χ3n) is 4.24. The lowest BCUT2D eigenvalue weighted by atomic mass is 10.1. The minimum atomic E-state index is 0.545. The number of aromatic amines is 1. The van der Waals surface area contributed by atoms with E-state index >= 15 is 0 Å². The number of anilines is 2. The van der Waals surface area contributed by atoms with Crippen LogP contribution in [0.15, 0.2) is 36.7 Å². The Morgan fingerprint density at radius 3 is 2.69 bits per heavy atom. The lowest BCUT2D eigenvalue weighted by Gasteiger charge is -2.13. The van der Waals surface area contributed by atoms with E-state index in [1.165, 1.54) is 18.4 Å². The summed E-state index contributed by atoms with van der Waals surface area (Å²) >= 11 is 12.3. The van der Waals surface area contributed by atoms with Crippen molar-refractivity contribution < 1.29 is 0 Å². The average Bonchev–Trinajstić information content (AvgIpc) is 3.34. The van der Waals surface area contributed by atoms with Gasteiger partial charge < -0.3 is 10.6 Å². The first-order valence-electron chi connectivity index (χ1n) is 8.50. The molecule has 0 atom stereocenters. The molecule has 1 aromatic carbocycles. The molecule has 0 spiro atoms. The molecule has 1 saturated carbocycles. The van der Waals surface area contributed by atoms with Crippen molar-refractivity contribution in [2.24, 2.45) is 0 Å². The molecule has 3 aromatic rings. The van der Waals surface area contributed by atoms with Gasteiger partial charge in [-0.1, -0.05) is 23.2 Å². The van der Waals surface area contributed by atoms with Gasteiger partial charge >= 0.3 is 0 Å². The van der Waals surface area contributed by atoms with Crippen molar-refractivity contribution in [2.45, 2.75) is 18.8 Å². The second kappa shape index (κ2) is 7.51. The Bertz CT molecular complexity index is 893. The highest BCUT2D eigenvalue weighted by Gasteiger charge is 2.27. The molecule has 26 heavy (non-hydrogen) atoms. The number of halogens is 2. The van der Waals surface area contributed by atoms with Gasteiger partial charge in [0.15, 0.2) is 5.82 Å². The van der Waals surface area contributed by atoms with Crippen LogP contribution in [-0.2, 0) is 0 Å². The first-order chi connectivity index (χ1) is 12.7. The van der Waals surface area contributed by atoms with Crippen LogP contribution in [0.3, 0.4) is 0 Å². The minimum absolute atomic E-state index is 0.545. The lowest BCUT2D eigenvalue weighted by molar-refractivity contribution is 0.989. The molecule has 134 valence electrons. The zero-order valence-corrected chi connectivity index (χ0v) is 15.5. The number of hydrogen-bond acceptors (Lipinski definition) is 5. The van der Waals surface area contributed by atoms with Crippen molar-refractivity contribution in [3.63, 3.8) is 0 Å². The van der Waals surface area contributed by atoms with E-state index in [1.54, 1.807) is 18.3 Å². The molecule has 0 aliphatic heterocycles. The molecule has 8 heteroatoms. The van der Waals surface area contributed by atoms with E-state index in [2.05, 4.69) is 25.8 Å². The molecule has 2 aromatic heterocycles. The van der Waals surface area contributed by atoms with Crippen molar-refractivity contribution in [3.05, 3.63) is 52.3 Å². The summed E-state index contributed by atoms with van der Waals surface area (Å²) in [4.78, 5) is 9.25. The van der Waals surface area contributed by atoms with Crippen LogP contribution < -0.4 is 10.6 Å². The maximum absolute atomic E-state index is 6.31. The van der Waals surface area contributed by atoms with E-state index < -0.39 is 0 Å². The maximum Gasteiger partial charge on any atom is 0.163 e. The number of benzene rings is 1. The summed E-state index contributed by atoms with van der Waals surface area (Å²) in [5, 5.41) is 14.6. The molecule has 1 fully saturated rings. The molecule has 0 saturated heterocycles. The maximum atomic E-state index is 6.31. The van der Waals surface area contributed by atoms with Gasteiger partial charge in [0.05, 0.1) is 11.2 Å². The van der Waals surface area contributed by atoms with Gasteiger partial charge in [0.1, 0.15) is 11.6 Å². The molecule has 6 nitrogen and oxygen atoms in total. The van der Waals surface area contributed by atoms with Crippen LogP contribution in [0.4, 0.5) is 11.6 Å². The summed E-state index contributed by atoms with van der Waals surface area (Å²) in [5.74, 6) is 2.91. The average molecular weight is 389 g/mol. The van der Waals surface area contributed by atoms with Crippen LogP contribution in [0.2, 0.25) is 10.0 Å². The van der Waals surface area contributed by atoms with Crippen LogP contribution in [0.25, 0.3) is 11.4 Å². The monoisotopic (exact) mass is 388 g/mol. The Kier molecular flexibility index (Phi) is 4.95. The number of hydrogen-bond donors (Lipinski definition) is 3. The van der Waals surface area contributed by atoms with E-state index in [9.17, 15) is 0 Å². The van der Waals surface area contributed by atoms with Crippen molar-refractivity contribution in [3.8, 4) is 11.4 Å². The zero-order valence-electron chi connectivity index (χ0n) is 14.0. The van der Waals surface area contributed by atoms with E-state index in [0.29, 0.717) is 21.8 Å². The molecule has 0 radical (unpaired) electrons.